The van der Waals surface area contributed by atoms with Crippen molar-refractivity contribution in [2.45, 2.75) is 38.5 Å². The van der Waals surface area contributed by atoms with Crippen LogP contribution in [0.1, 0.15) is 54.6 Å². The van der Waals surface area contributed by atoms with Crippen LogP contribution in [-0.2, 0) is 11.8 Å². The van der Waals surface area contributed by atoms with Crippen molar-refractivity contribution in [1.29, 1.82) is 0 Å². The van der Waals surface area contributed by atoms with Crippen molar-refractivity contribution < 1.29 is 14.0 Å². The fraction of sp³-hybridized carbons (Fsp3) is 0.333. The maximum atomic E-state index is 13.4. The fourth-order valence-electron chi connectivity index (χ4n) is 5.59. The maximum absolute atomic E-state index is 13.4. The van der Waals surface area contributed by atoms with Gasteiger partial charge in [0.1, 0.15) is 17.1 Å². The summed E-state index contributed by atoms with van der Waals surface area (Å²) in [6.45, 7) is 2.51. The second kappa shape index (κ2) is 12.0. The van der Waals surface area contributed by atoms with Gasteiger partial charge >= 0.3 is 0 Å². The number of amides is 2. The first-order chi connectivity index (χ1) is 20.0. The molecule has 2 aliphatic rings. The lowest BCUT2D eigenvalue weighted by Gasteiger charge is -2.28. The number of aryl methyl sites for hydroxylation is 1. The molecule has 0 radical (unpaired) electrons. The van der Waals surface area contributed by atoms with Crippen LogP contribution in [0.2, 0.25) is 0 Å². The molecule has 210 valence electrons. The predicted molar refractivity (Wildman–Crippen MR) is 160 cm³/mol. The van der Waals surface area contributed by atoms with Gasteiger partial charge in [-0.25, -0.2) is 0 Å². The van der Waals surface area contributed by atoms with Gasteiger partial charge in [0.05, 0.1) is 6.26 Å². The van der Waals surface area contributed by atoms with Gasteiger partial charge in [-0.15, -0.1) is 0 Å². The highest BCUT2D eigenvalue weighted by Crippen LogP contribution is 2.26. The molecular weight excluding hydrogens is 514 g/mol. The predicted octanol–water partition coefficient (Wildman–Crippen LogP) is 5.85. The minimum Gasteiger partial charge on any atom is -0.464 e. The van der Waals surface area contributed by atoms with Gasteiger partial charge in [-0.2, -0.15) is 5.10 Å². The van der Waals surface area contributed by atoms with Gasteiger partial charge in [-0.3, -0.25) is 24.2 Å². The van der Waals surface area contributed by atoms with E-state index in [1.807, 2.05) is 29.0 Å². The molecule has 0 fully saturated rings. The van der Waals surface area contributed by atoms with E-state index in [0.717, 1.165) is 65.6 Å². The molecule has 0 unspecified atom stereocenters. The van der Waals surface area contributed by atoms with E-state index >= 15 is 0 Å². The van der Waals surface area contributed by atoms with Crippen LogP contribution >= 0.6 is 0 Å². The molecule has 6 rings (SSSR count). The average molecular weight is 550 g/mol. The van der Waals surface area contributed by atoms with E-state index in [-0.39, 0.29) is 11.8 Å². The Kier molecular flexibility index (Phi) is 7.80. The zero-order valence-electron chi connectivity index (χ0n) is 23.5. The van der Waals surface area contributed by atoms with Gasteiger partial charge in [-0.05, 0) is 61.1 Å². The van der Waals surface area contributed by atoms with Crippen LogP contribution in [0.25, 0.3) is 22.1 Å². The van der Waals surface area contributed by atoms with E-state index in [4.69, 9.17) is 9.41 Å². The van der Waals surface area contributed by atoms with Crippen LogP contribution in [-0.4, -0.2) is 63.4 Å². The molecule has 2 amide bonds. The summed E-state index contributed by atoms with van der Waals surface area (Å²) in [4.78, 5) is 34.9. The zero-order valence-corrected chi connectivity index (χ0v) is 23.5. The number of rotatable bonds is 6. The first-order valence-electron chi connectivity index (χ1n) is 14.4. The van der Waals surface area contributed by atoms with Crippen molar-refractivity contribution in [3.63, 3.8) is 0 Å². The molecule has 8 heteroatoms. The van der Waals surface area contributed by atoms with Crippen molar-refractivity contribution in [2.24, 2.45) is 12.0 Å². The summed E-state index contributed by atoms with van der Waals surface area (Å²) in [5.41, 5.74) is 5.80. The molecule has 0 spiro atoms. The summed E-state index contributed by atoms with van der Waals surface area (Å²) in [6, 6.07) is 18.3. The van der Waals surface area contributed by atoms with Gasteiger partial charge in [0.2, 0.25) is 5.91 Å². The van der Waals surface area contributed by atoms with Crippen LogP contribution in [0.3, 0.4) is 0 Å². The number of benzene rings is 2. The third-order valence-corrected chi connectivity index (χ3v) is 7.98. The van der Waals surface area contributed by atoms with E-state index in [1.165, 1.54) is 5.57 Å². The summed E-state index contributed by atoms with van der Waals surface area (Å²) in [5.74, 6) is 0.847. The third kappa shape index (κ3) is 6.01. The quantitative estimate of drug-likeness (QED) is 0.283. The summed E-state index contributed by atoms with van der Waals surface area (Å²) in [5, 5.41) is 5.32. The Morgan fingerprint density at radius 3 is 2.56 bits per heavy atom. The molecule has 2 aliphatic heterocycles. The number of hydrogen-bond donors (Lipinski definition) is 0. The van der Waals surface area contributed by atoms with E-state index in [1.54, 1.807) is 23.2 Å². The van der Waals surface area contributed by atoms with Gasteiger partial charge in [-0.1, -0.05) is 48.4 Å². The minimum atomic E-state index is -0.0429. The number of carbonyl (C=O) groups excluding carboxylic acids is 2. The topological polar surface area (TPSA) is 83.9 Å². The summed E-state index contributed by atoms with van der Waals surface area (Å²) < 4.78 is 7.13. The van der Waals surface area contributed by atoms with Crippen LogP contribution in [0, 0.1) is 0 Å². The molecule has 8 nitrogen and oxygen atoms in total. The van der Waals surface area contributed by atoms with E-state index in [2.05, 4.69) is 47.6 Å². The van der Waals surface area contributed by atoms with Crippen molar-refractivity contribution in [1.82, 2.24) is 19.6 Å². The number of carbonyl (C=O) groups is 2. The second-order valence-corrected chi connectivity index (χ2v) is 10.8. The molecule has 0 aliphatic carbocycles. The van der Waals surface area contributed by atoms with Crippen LogP contribution in [0.4, 0.5) is 0 Å². The van der Waals surface area contributed by atoms with Crippen molar-refractivity contribution in [2.75, 3.05) is 26.2 Å². The Morgan fingerprint density at radius 1 is 0.951 bits per heavy atom. The normalized spacial score (nSPS) is 16.7. The zero-order chi connectivity index (χ0) is 28.2. The molecule has 0 saturated heterocycles. The molecule has 4 aromatic rings. The Balaban J connectivity index is 1.17. The van der Waals surface area contributed by atoms with Crippen molar-refractivity contribution >= 4 is 28.6 Å². The molecule has 41 heavy (non-hydrogen) atoms. The summed E-state index contributed by atoms with van der Waals surface area (Å²) >= 11 is 0. The number of aromatic nitrogens is 2. The standard InChI is InChI=1S/C33H35N5O3/c1-36-18-15-29(35-36)33(40)37-19-12-24(13-20-37)14-21-38-31(39)5-3-2-4-17-34-32(38)26-8-6-25(7-9-26)27-10-11-30-28(23-27)16-22-41-30/h6-12,15-16,18,22-23H,2-5,13-14,17,19-21H2,1H3. The van der Waals surface area contributed by atoms with Gasteiger partial charge < -0.3 is 9.32 Å². The van der Waals surface area contributed by atoms with Gasteiger partial charge in [0.15, 0.2) is 0 Å². The average Bonchev–Trinajstić information content (AvgIpc) is 3.67. The number of hydrogen-bond acceptors (Lipinski definition) is 5. The molecule has 0 N–H and O–H groups in total. The molecule has 2 aromatic carbocycles. The molecule has 4 heterocycles. The number of aliphatic imine (C=N–C) groups is 1. The smallest absolute Gasteiger partial charge is 0.274 e. The summed E-state index contributed by atoms with van der Waals surface area (Å²) in [6.07, 6.45) is 10.6. The molecular formula is C33H35N5O3. The van der Waals surface area contributed by atoms with Crippen molar-refractivity contribution in [3.8, 4) is 11.1 Å². The third-order valence-electron chi connectivity index (χ3n) is 7.98. The Labute approximate surface area is 240 Å². The Hall–Kier alpha value is -4.46. The number of fused-ring (bicyclic) bond motifs is 1. The lowest BCUT2D eigenvalue weighted by Crippen LogP contribution is -2.39. The van der Waals surface area contributed by atoms with E-state index < -0.39 is 0 Å². The first kappa shape index (κ1) is 26.7. The highest BCUT2D eigenvalue weighted by molar-refractivity contribution is 6.08. The number of nitrogens with zero attached hydrogens (tertiary/aromatic N) is 5. The van der Waals surface area contributed by atoms with Crippen molar-refractivity contribution in [3.05, 3.63) is 90.0 Å². The molecule has 0 bridgehead atoms. The largest absolute Gasteiger partial charge is 0.464 e. The second-order valence-electron chi connectivity index (χ2n) is 10.8. The van der Waals surface area contributed by atoms with Gasteiger partial charge in [0, 0.05) is 56.8 Å². The fourth-order valence-corrected chi connectivity index (χ4v) is 5.59. The first-order valence-corrected chi connectivity index (χ1v) is 14.4. The number of furan rings is 1. The van der Waals surface area contributed by atoms with E-state index in [9.17, 15) is 9.59 Å². The molecule has 0 saturated carbocycles. The van der Waals surface area contributed by atoms with Crippen LogP contribution in [0.5, 0.6) is 0 Å². The minimum absolute atomic E-state index is 0.0429. The van der Waals surface area contributed by atoms with Crippen LogP contribution < -0.4 is 0 Å². The highest BCUT2D eigenvalue weighted by atomic mass is 16.3. The molecule has 2 aromatic heterocycles. The maximum Gasteiger partial charge on any atom is 0.274 e. The van der Waals surface area contributed by atoms with E-state index in [0.29, 0.717) is 38.3 Å². The van der Waals surface area contributed by atoms with Crippen LogP contribution in [0.15, 0.2) is 88.1 Å². The lowest BCUT2D eigenvalue weighted by molar-refractivity contribution is -0.127. The Morgan fingerprint density at radius 2 is 1.78 bits per heavy atom. The lowest BCUT2D eigenvalue weighted by atomic mass is 10.0. The highest BCUT2D eigenvalue weighted by Gasteiger charge is 2.24. The monoisotopic (exact) mass is 549 g/mol. The number of amidine groups is 1. The molecule has 0 atom stereocenters. The Bertz CT molecular complexity index is 1610. The SMILES string of the molecule is Cn1ccc(C(=O)N2CC=C(CCN3C(=O)CCCCCN=C3c3ccc(-c4ccc5occc5c4)cc3)CC2)n1. The van der Waals surface area contributed by atoms with Gasteiger partial charge in [0.25, 0.3) is 5.91 Å². The summed E-state index contributed by atoms with van der Waals surface area (Å²) in [7, 11) is 1.81.